The van der Waals surface area contributed by atoms with Crippen LogP contribution in [0.1, 0.15) is 0 Å². The van der Waals surface area contributed by atoms with Gasteiger partial charge in [0, 0.05) is 11.5 Å². The third-order valence-corrected chi connectivity index (χ3v) is 2.23. The molecule has 0 unspecified atom stereocenters. The molecule has 0 amide bonds. The molecule has 1 nitrogen and oxygen atoms in total. The molecule has 0 fully saturated rings. The Morgan fingerprint density at radius 2 is 1.93 bits per heavy atom. The number of halogens is 5. The zero-order chi connectivity index (χ0) is 11.6. The van der Waals surface area contributed by atoms with Crippen molar-refractivity contribution in [1.82, 2.24) is 0 Å². The highest BCUT2D eigenvalue weighted by atomic mass is 79.9. The van der Waals surface area contributed by atoms with E-state index in [4.69, 9.17) is 0 Å². The molecule has 0 aliphatic rings. The summed E-state index contributed by atoms with van der Waals surface area (Å²) in [7, 11) is 1.19. The van der Waals surface area contributed by atoms with Gasteiger partial charge in [-0.2, -0.15) is 13.2 Å². The smallest absolute Gasteiger partial charge is 0.363 e. The monoisotopic (exact) mass is 285 g/mol. The molecular formula is C9H8BrF4N. The minimum Gasteiger partial charge on any atom is -0.363 e. The van der Waals surface area contributed by atoms with Crippen LogP contribution in [-0.4, -0.2) is 19.8 Å². The first-order chi connectivity index (χ1) is 6.79. The number of nitrogens with zero attached hydrogens (tertiary/aromatic N) is 1. The van der Waals surface area contributed by atoms with Crippen LogP contribution in [-0.2, 0) is 0 Å². The highest BCUT2D eigenvalue weighted by molar-refractivity contribution is 9.10. The van der Waals surface area contributed by atoms with Crippen molar-refractivity contribution < 1.29 is 17.6 Å². The maximum absolute atomic E-state index is 13.2. The van der Waals surface area contributed by atoms with Gasteiger partial charge in [0.25, 0.3) is 0 Å². The molecule has 0 saturated carbocycles. The molecule has 84 valence electrons. The number of anilines is 1. The second-order valence-electron chi connectivity index (χ2n) is 3.07. The Morgan fingerprint density at radius 3 is 2.47 bits per heavy atom. The molecule has 0 radical (unpaired) electrons. The standard InChI is InChI=1S/C9H8BrF4N/c1-15(5-9(12,13)14)8-4-6(10)2-3-7(8)11/h2-4H,5H2,1H3. The van der Waals surface area contributed by atoms with E-state index in [1.165, 1.54) is 19.2 Å². The molecule has 1 aromatic rings. The van der Waals surface area contributed by atoms with Gasteiger partial charge >= 0.3 is 6.18 Å². The summed E-state index contributed by atoms with van der Waals surface area (Å²) >= 11 is 3.07. The van der Waals surface area contributed by atoms with Gasteiger partial charge in [-0.05, 0) is 18.2 Å². The van der Waals surface area contributed by atoms with E-state index in [-0.39, 0.29) is 5.69 Å². The SMILES string of the molecule is CN(CC(F)(F)F)c1cc(Br)ccc1F. The first kappa shape index (κ1) is 12.3. The van der Waals surface area contributed by atoms with Gasteiger partial charge in [0.15, 0.2) is 0 Å². The zero-order valence-corrected chi connectivity index (χ0v) is 9.36. The number of hydrogen-bond acceptors (Lipinski definition) is 1. The average Bonchev–Trinajstić information content (AvgIpc) is 2.06. The van der Waals surface area contributed by atoms with Crippen molar-refractivity contribution in [2.75, 3.05) is 18.5 Å². The zero-order valence-electron chi connectivity index (χ0n) is 7.78. The Bertz CT molecular complexity index is 350. The highest BCUT2D eigenvalue weighted by Crippen LogP contribution is 2.26. The molecule has 1 aromatic carbocycles. The summed E-state index contributed by atoms with van der Waals surface area (Å²) in [6, 6.07) is 3.85. The van der Waals surface area contributed by atoms with Gasteiger partial charge in [-0.1, -0.05) is 15.9 Å². The summed E-state index contributed by atoms with van der Waals surface area (Å²) in [5.41, 5.74) is -0.0818. The van der Waals surface area contributed by atoms with Crippen LogP contribution in [0.2, 0.25) is 0 Å². The molecule has 15 heavy (non-hydrogen) atoms. The van der Waals surface area contributed by atoms with Gasteiger partial charge in [0.2, 0.25) is 0 Å². The van der Waals surface area contributed by atoms with Crippen LogP contribution in [0.25, 0.3) is 0 Å². The van der Waals surface area contributed by atoms with E-state index in [1.54, 1.807) is 0 Å². The number of benzene rings is 1. The largest absolute Gasteiger partial charge is 0.405 e. The van der Waals surface area contributed by atoms with Crippen LogP contribution < -0.4 is 4.90 Å². The summed E-state index contributed by atoms with van der Waals surface area (Å²) in [5, 5.41) is 0. The summed E-state index contributed by atoms with van der Waals surface area (Å²) in [5.74, 6) is -0.676. The molecule has 0 heterocycles. The lowest BCUT2D eigenvalue weighted by atomic mass is 10.3. The van der Waals surface area contributed by atoms with Gasteiger partial charge in [-0.15, -0.1) is 0 Å². The summed E-state index contributed by atoms with van der Waals surface area (Å²) in [6.45, 7) is -1.18. The van der Waals surface area contributed by atoms with Gasteiger partial charge < -0.3 is 4.90 Å². The fraction of sp³-hybridized carbons (Fsp3) is 0.333. The van der Waals surface area contributed by atoms with Crippen LogP contribution >= 0.6 is 15.9 Å². The fourth-order valence-corrected chi connectivity index (χ4v) is 1.48. The van der Waals surface area contributed by atoms with E-state index in [9.17, 15) is 17.6 Å². The fourth-order valence-electron chi connectivity index (χ4n) is 1.13. The molecule has 0 aliphatic heterocycles. The topological polar surface area (TPSA) is 3.24 Å². The molecule has 6 heteroatoms. The predicted octanol–water partition coefficient (Wildman–Crippen LogP) is 3.59. The Labute approximate surface area is 92.8 Å². The van der Waals surface area contributed by atoms with Gasteiger partial charge in [0.1, 0.15) is 12.4 Å². The Kier molecular flexibility index (Phi) is 3.59. The molecule has 0 aromatic heterocycles. The second-order valence-corrected chi connectivity index (χ2v) is 3.98. The van der Waals surface area contributed by atoms with E-state index in [1.807, 2.05) is 0 Å². The van der Waals surface area contributed by atoms with E-state index in [2.05, 4.69) is 15.9 Å². The molecule has 0 aliphatic carbocycles. The number of hydrogen-bond donors (Lipinski definition) is 0. The first-order valence-corrected chi connectivity index (χ1v) is 4.82. The summed E-state index contributed by atoms with van der Waals surface area (Å²) in [4.78, 5) is 0.820. The van der Waals surface area contributed by atoms with E-state index < -0.39 is 18.5 Å². The van der Waals surface area contributed by atoms with E-state index in [0.717, 1.165) is 11.0 Å². The minimum absolute atomic E-state index is 0.0818. The molecule has 0 atom stereocenters. The van der Waals surface area contributed by atoms with Crippen LogP contribution in [0, 0.1) is 5.82 Å². The predicted molar refractivity (Wildman–Crippen MR) is 53.4 cm³/mol. The van der Waals surface area contributed by atoms with Gasteiger partial charge in [-0.3, -0.25) is 0 Å². The van der Waals surface area contributed by atoms with Crippen LogP contribution in [0.4, 0.5) is 23.2 Å². The molecule has 0 N–H and O–H groups in total. The molecule has 1 rings (SSSR count). The lowest BCUT2D eigenvalue weighted by Gasteiger charge is -2.21. The molecule has 0 spiro atoms. The Morgan fingerprint density at radius 1 is 1.33 bits per heavy atom. The maximum atomic E-state index is 13.2. The van der Waals surface area contributed by atoms with Crippen molar-refractivity contribution in [1.29, 1.82) is 0 Å². The van der Waals surface area contributed by atoms with Crippen molar-refractivity contribution in [2.45, 2.75) is 6.18 Å². The van der Waals surface area contributed by atoms with Crippen molar-refractivity contribution in [3.8, 4) is 0 Å². The quantitative estimate of drug-likeness (QED) is 0.751. The van der Waals surface area contributed by atoms with Crippen molar-refractivity contribution in [3.63, 3.8) is 0 Å². The van der Waals surface area contributed by atoms with Crippen LogP contribution in [0.5, 0.6) is 0 Å². The Hall–Kier alpha value is -0.780. The normalized spacial score (nSPS) is 11.6. The summed E-state index contributed by atoms with van der Waals surface area (Å²) < 4.78 is 49.8. The van der Waals surface area contributed by atoms with Gasteiger partial charge in [0.05, 0.1) is 5.69 Å². The summed E-state index contributed by atoms with van der Waals surface area (Å²) in [6.07, 6.45) is -4.34. The average molecular weight is 286 g/mol. The van der Waals surface area contributed by atoms with Crippen molar-refractivity contribution >= 4 is 21.6 Å². The minimum atomic E-state index is -4.34. The number of alkyl halides is 3. The Balaban J connectivity index is 2.90. The second kappa shape index (κ2) is 4.38. The number of rotatable bonds is 2. The van der Waals surface area contributed by atoms with Crippen LogP contribution in [0.15, 0.2) is 22.7 Å². The molecule has 0 bridgehead atoms. The maximum Gasteiger partial charge on any atom is 0.405 e. The first-order valence-electron chi connectivity index (χ1n) is 4.02. The lowest BCUT2D eigenvalue weighted by molar-refractivity contribution is -0.119. The van der Waals surface area contributed by atoms with E-state index >= 15 is 0 Å². The third-order valence-electron chi connectivity index (χ3n) is 1.74. The van der Waals surface area contributed by atoms with E-state index in [0.29, 0.717) is 4.47 Å². The highest BCUT2D eigenvalue weighted by Gasteiger charge is 2.30. The van der Waals surface area contributed by atoms with Gasteiger partial charge in [-0.25, -0.2) is 4.39 Å². The van der Waals surface area contributed by atoms with Crippen LogP contribution in [0.3, 0.4) is 0 Å². The lowest BCUT2D eigenvalue weighted by Crippen LogP contribution is -2.31. The van der Waals surface area contributed by atoms with Crippen molar-refractivity contribution in [3.05, 3.63) is 28.5 Å². The third kappa shape index (κ3) is 3.70. The van der Waals surface area contributed by atoms with Crippen molar-refractivity contribution in [2.24, 2.45) is 0 Å². The molecular weight excluding hydrogens is 278 g/mol. The molecule has 0 saturated heterocycles.